The summed E-state index contributed by atoms with van der Waals surface area (Å²) in [5.41, 5.74) is 1.24. The maximum absolute atomic E-state index is 12.3. The molecule has 4 rings (SSSR count). The number of carbonyl (C=O) groups is 2. The average Bonchev–Trinajstić information content (AvgIpc) is 3.23. The molecular formula is C20H12ClN3O5. The van der Waals surface area contributed by atoms with Crippen LogP contribution in [0.15, 0.2) is 59.4 Å². The summed E-state index contributed by atoms with van der Waals surface area (Å²) in [6.07, 6.45) is 3.11. The van der Waals surface area contributed by atoms with E-state index < -0.39 is 10.9 Å². The first kappa shape index (κ1) is 18.6. The van der Waals surface area contributed by atoms with Crippen LogP contribution in [0.4, 0.5) is 5.69 Å². The largest absolute Gasteiger partial charge is 0.402 e. The van der Waals surface area contributed by atoms with E-state index in [0.717, 1.165) is 5.39 Å². The average molecular weight is 410 g/mol. The Hall–Kier alpha value is -3.78. The normalized spacial score (nSPS) is 14.9. The quantitative estimate of drug-likeness (QED) is 0.279. The van der Waals surface area contributed by atoms with Crippen molar-refractivity contribution in [3.05, 3.63) is 80.6 Å². The first-order chi connectivity index (χ1) is 13.8. The highest BCUT2D eigenvalue weighted by molar-refractivity contribution is 6.34. The molecule has 2 aromatic carbocycles. The standard InChI is InChI=1S/C20H12ClN3O5/c1-11(25)23-10-12(14-4-2-3-5-18(14)23)8-17-20(26)29-19(22-17)15-9-13(24(27)28)6-7-16(15)21/h2-10H,1H3/b17-8-. The summed E-state index contributed by atoms with van der Waals surface area (Å²) >= 11 is 6.10. The van der Waals surface area contributed by atoms with Gasteiger partial charge in [0.25, 0.3) is 5.69 Å². The Morgan fingerprint density at radius 2 is 2.03 bits per heavy atom. The monoisotopic (exact) mass is 409 g/mol. The van der Waals surface area contributed by atoms with Crippen molar-refractivity contribution < 1.29 is 19.2 Å². The van der Waals surface area contributed by atoms with E-state index in [4.69, 9.17) is 16.3 Å². The number of hydrogen-bond donors (Lipinski definition) is 0. The minimum absolute atomic E-state index is 0.00553. The van der Waals surface area contributed by atoms with E-state index in [-0.39, 0.29) is 33.8 Å². The number of ether oxygens (including phenoxy) is 1. The van der Waals surface area contributed by atoms with Gasteiger partial charge in [-0.05, 0) is 18.2 Å². The molecule has 8 nitrogen and oxygen atoms in total. The minimum Gasteiger partial charge on any atom is -0.402 e. The van der Waals surface area contributed by atoms with Gasteiger partial charge in [0, 0.05) is 36.2 Å². The van der Waals surface area contributed by atoms with Gasteiger partial charge in [-0.1, -0.05) is 29.8 Å². The zero-order valence-corrected chi connectivity index (χ0v) is 15.7. The van der Waals surface area contributed by atoms with Gasteiger partial charge in [-0.2, -0.15) is 0 Å². The molecule has 0 radical (unpaired) electrons. The molecule has 1 aliphatic heterocycles. The second-order valence-corrected chi connectivity index (χ2v) is 6.66. The van der Waals surface area contributed by atoms with Crippen LogP contribution in [0, 0.1) is 10.1 Å². The van der Waals surface area contributed by atoms with E-state index in [9.17, 15) is 19.7 Å². The molecule has 0 spiro atoms. The van der Waals surface area contributed by atoms with Gasteiger partial charge in [0.05, 0.1) is 21.0 Å². The maximum atomic E-state index is 12.3. The predicted molar refractivity (Wildman–Crippen MR) is 107 cm³/mol. The van der Waals surface area contributed by atoms with Crippen molar-refractivity contribution in [3.63, 3.8) is 0 Å². The van der Waals surface area contributed by atoms with Crippen LogP contribution in [-0.2, 0) is 9.53 Å². The SMILES string of the molecule is CC(=O)n1cc(/C=C2\N=C(c3cc([N+](=O)[O-])ccc3Cl)OC2=O)c2ccccc21. The lowest BCUT2D eigenvalue weighted by molar-refractivity contribution is -0.384. The maximum Gasteiger partial charge on any atom is 0.363 e. The molecule has 0 amide bonds. The number of para-hydroxylation sites is 1. The number of rotatable bonds is 3. The Kier molecular flexibility index (Phi) is 4.48. The van der Waals surface area contributed by atoms with Crippen molar-refractivity contribution in [2.45, 2.75) is 6.92 Å². The lowest BCUT2D eigenvalue weighted by Gasteiger charge is -2.02. The van der Waals surface area contributed by atoms with Crippen LogP contribution in [0.2, 0.25) is 5.02 Å². The predicted octanol–water partition coefficient (Wildman–Crippen LogP) is 4.21. The summed E-state index contributed by atoms with van der Waals surface area (Å²) in [4.78, 5) is 38.8. The zero-order chi connectivity index (χ0) is 20.7. The summed E-state index contributed by atoms with van der Waals surface area (Å²) < 4.78 is 6.65. The Balaban J connectivity index is 1.81. The molecular weight excluding hydrogens is 398 g/mol. The molecule has 0 bridgehead atoms. The zero-order valence-electron chi connectivity index (χ0n) is 15.0. The van der Waals surface area contributed by atoms with Crippen molar-refractivity contribution in [3.8, 4) is 0 Å². The number of aliphatic imine (C=N–C) groups is 1. The fourth-order valence-electron chi connectivity index (χ4n) is 3.04. The molecule has 0 fully saturated rings. The summed E-state index contributed by atoms with van der Waals surface area (Å²) in [6, 6.07) is 11.0. The fourth-order valence-corrected chi connectivity index (χ4v) is 3.24. The van der Waals surface area contributed by atoms with Gasteiger partial charge in [-0.3, -0.25) is 19.5 Å². The number of benzene rings is 2. The van der Waals surface area contributed by atoms with Crippen LogP contribution in [0.5, 0.6) is 0 Å². The first-order valence-corrected chi connectivity index (χ1v) is 8.81. The number of cyclic esters (lactones) is 1. The van der Waals surface area contributed by atoms with Crippen molar-refractivity contribution >= 4 is 52.0 Å². The number of nitrogens with zero attached hydrogens (tertiary/aromatic N) is 3. The topological polar surface area (TPSA) is 104 Å². The van der Waals surface area contributed by atoms with Gasteiger partial charge < -0.3 is 4.74 Å². The molecule has 0 aliphatic carbocycles. The first-order valence-electron chi connectivity index (χ1n) is 8.43. The summed E-state index contributed by atoms with van der Waals surface area (Å²) in [7, 11) is 0. The molecule has 3 aromatic rings. The van der Waals surface area contributed by atoms with E-state index >= 15 is 0 Å². The van der Waals surface area contributed by atoms with E-state index in [1.807, 2.05) is 18.2 Å². The highest BCUT2D eigenvalue weighted by Crippen LogP contribution is 2.29. The number of nitro groups is 1. The Morgan fingerprint density at radius 1 is 1.28 bits per heavy atom. The van der Waals surface area contributed by atoms with Crippen LogP contribution in [0.3, 0.4) is 0 Å². The second kappa shape index (κ2) is 6.99. The number of halogens is 1. The van der Waals surface area contributed by atoms with Gasteiger partial charge in [0.1, 0.15) is 0 Å². The molecule has 2 heterocycles. The molecule has 9 heteroatoms. The summed E-state index contributed by atoms with van der Waals surface area (Å²) in [5, 5.41) is 11.9. The summed E-state index contributed by atoms with van der Waals surface area (Å²) in [6.45, 7) is 1.44. The number of esters is 1. The number of carbonyl (C=O) groups excluding carboxylic acids is 2. The third-order valence-corrected chi connectivity index (χ3v) is 4.72. The van der Waals surface area contributed by atoms with E-state index in [2.05, 4.69) is 4.99 Å². The lowest BCUT2D eigenvalue weighted by atomic mass is 10.1. The number of nitro benzene ring substituents is 1. The van der Waals surface area contributed by atoms with E-state index in [1.54, 1.807) is 12.3 Å². The number of fused-ring (bicyclic) bond motifs is 1. The molecule has 0 unspecified atom stereocenters. The number of non-ortho nitro benzene ring substituents is 1. The Labute approximate surface area is 168 Å². The molecule has 0 saturated heterocycles. The molecule has 1 aliphatic rings. The fraction of sp³-hybridized carbons (Fsp3) is 0.0500. The third kappa shape index (κ3) is 3.30. The number of hydrogen-bond acceptors (Lipinski definition) is 6. The van der Waals surface area contributed by atoms with Crippen LogP contribution >= 0.6 is 11.6 Å². The van der Waals surface area contributed by atoms with Gasteiger partial charge in [-0.15, -0.1) is 0 Å². The van der Waals surface area contributed by atoms with Crippen LogP contribution in [-0.4, -0.2) is 27.3 Å². The molecule has 144 valence electrons. The Morgan fingerprint density at radius 3 is 2.76 bits per heavy atom. The lowest BCUT2D eigenvalue weighted by Crippen LogP contribution is -2.06. The smallest absolute Gasteiger partial charge is 0.363 e. The van der Waals surface area contributed by atoms with Gasteiger partial charge in [0.15, 0.2) is 5.70 Å². The van der Waals surface area contributed by atoms with Crippen LogP contribution in [0.1, 0.15) is 22.8 Å². The van der Waals surface area contributed by atoms with Crippen LogP contribution < -0.4 is 0 Å². The Bertz CT molecular complexity index is 1270. The van der Waals surface area contributed by atoms with Crippen molar-refractivity contribution in [1.82, 2.24) is 4.57 Å². The third-order valence-electron chi connectivity index (χ3n) is 4.39. The van der Waals surface area contributed by atoms with Crippen LogP contribution in [0.25, 0.3) is 17.0 Å². The highest BCUT2D eigenvalue weighted by Gasteiger charge is 2.27. The minimum atomic E-state index is -0.720. The molecule has 0 atom stereocenters. The second-order valence-electron chi connectivity index (χ2n) is 6.25. The van der Waals surface area contributed by atoms with Crippen molar-refractivity contribution in [1.29, 1.82) is 0 Å². The van der Waals surface area contributed by atoms with Gasteiger partial charge >= 0.3 is 5.97 Å². The molecule has 0 N–H and O–H groups in total. The molecule has 0 saturated carbocycles. The number of aromatic nitrogens is 1. The van der Waals surface area contributed by atoms with Gasteiger partial charge in [0.2, 0.25) is 11.8 Å². The van der Waals surface area contributed by atoms with Gasteiger partial charge in [-0.25, -0.2) is 9.79 Å². The molecule has 1 aromatic heterocycles. The summed E-state index contributed by atoms with van der Waals surface area (Å²) in [5.74, 6) is -1.01. The molecule has 29 heavy (non-hydrogen) atoms. The van der Waals surface area contributed by atoms with Crippen molar-refractivity contribution in [2.24, 2.45) is 4.99 Å². The van der Waals surface area contributed by atoms with E-state index in [0.29, 0.717) is 11.1 Å². The highest BCUT2D eigenvalue weighted by atomic mass is 35.5. The van der Waals surface area contributed by atoms with Crippen molar-refractivity contribution in [2.75, 3.05) is 0 Å². The van der Waals surface area contributed by atoms with E-state index in [1.165, 1.54) is 35.8 Å².